The zero-order valence-corrected chi connectivity index (χ0v) is 11.1. The second kappa shape index (κ2) is 4.27. The van der Waals surface area contributed by atoms with Gasteiger partial charge in [-0.05, 0) is 24.3 Å². The number of hydrogen-bond donors (Lipinski definition) is 1. The van der Waals surface area contributed by atoms with Crippen molar-refractivity contribution in [1.82, 2.24) is 20.6 Å². The number of aromatic nitrogens is 4. The van der Waals surface area contributed by atoms with E-state index in [0.29, 0.717) is 28.4 Å². The summed E-state index contributed by atoms with van der Waals surface area (Å²) in [5.41, 5.74) is 1.59. The first kappa shape index (κ1) is 11.8. The molecule has 0 amide bonds. The molecule has 0 unspecified atom stereocenters. The van der Waals surface area contributed by atoms with Crippen LogP contribution in [0.3, 0.4) is 0 Å². The lowest BCUT2D eigenvalue weighted by atomic mass is 10.0. The summed E-state index contributed by atoms with van der Waals surface area (Å²) in [5.74, 6) is 1.78. The standard InChI is InChI=1S/C14H10N4O3/c1-7-11(19)9-6-20-10-5-3-2-4-8(10)13(9)21-12(7)14-15-17-18-16-14/h2-5H,6H2,1H3,(H,15,16,17,18). The third kappa shape index (κ3) is 1.67. The zero-order valence-electron chi connectivity index (χ0n) is 11.1. The predicted molar refractivity (Wildman–Crippen MR) is 72.7 cm³/mol. The number of nitrogens with one attached hydrogen (secondary N) is 1. The number of para-hydroxylation sites is 1. The largest absolute Gasteiger partial charge is 0.488 e. The van der Waals surface area contributed by atoms with Crippen molar-refractivity contribution < 1.29 is 9.15 Å². The molecule has 0 saturated carbocycles. The van der Waals surface area contributed by atoms with E-state index in [-0.39, 0.29) is 17.9 Å². The number of H-pyrrole nitrogens is 1. The molecule has 0 fully saturated rings. The van der Waals surface area contributed by atoms with E-state index in [1.54, 1.807) is 6.92 Å². The van der Waals surface area contributed by atoms with E-state index >= 15 is 0 Å². The number of hydrogen-bond acceptors (Lipinski definition) is 6. The van der Waals surface area contributed by atoms with Crippen LogP contribution in [0, 0.1) is 6.92 Å². The number of tetrazole rings is 1. The minimum Gasteiger partial charge on any atom is -0.488 e. The summed E-state index contributed by atoms with van der Waals surface area (Å²) in [6.45, 7) is 1.88. The molecule has 1 aromatic carbocycles. The number of aromatic amines is 1. The Morgan fingerprint density at radius 2 is 2.10 bits per heavy atom. The van der Waals surface area contributed by atoms with Crippen LogP contribution in [0.2, 0.25) is 0 Å². The summed E-state index contributed by atoms with van der Waals surface area (Å²) in [4.78, 5) is 12.5. The van der Waals surface area contributed by atoms with E-state index in [0.717, 1.165) is 5.56 Å². The Morgan fingerprint density at radius 1 is 1.24 bits per heavy atom. The van der Waals surface area contributed by atoms with Crippen molar-refractivity contribution in [1.29, 1.82) is 0 Å². The van der Waals surface area contributed by atoms with Crippen molar-refractivity contribution in [3.8, 4) is 28.7 Å². The van der Waals surface area contributed by atoms with E-state index in [9.17, 15) is 4.79 Å². The monoisotopic (exact) mass is 282 g/mol. The molecule has 21 heavy (non-hydrogen) atoms. The van der Waals surface area contributed by atoms with Gasteiger partial charge in [-0.2, -0.15) is 5.21 Å². The molecule has 1 N–H and O–H groups in total. The van der Waals surface area contributed by atoms with E-state index in [4.69, 9.17) is 9.15 Å². The molecule has 104 valence electrons. The molecule has 0 atom stereocenters. The molecular weight excluding hydrogens is 272 g/mol. The van der Waals surface area contributed by atoms with Crippen LogP contribution in [0.5, 0.6) is 5.75 Å². The van der Waals surface area contributed by atoms with Gasteiger partial charge in [0.25, 0.3) is 0 Å². The van der Waals surface area contributed by atoms with E-state index < -0.39 is 0 Å². The van der Waals surface area contributed by atoms with Crippen LogP contribution >= 0.6 is 0 Å². The number of fused-ring (bicyclic) bond motifs is 3. The average molecular weight is 282 g/mol. The number of rotatable bonds is 1. The Kier molecular flexibility index (Phi) is 2.41. The lowest BCUT2D eigenvalue weighted by molar-refractivity contribution is 0.293. The predicted octanol–water partition coefficient (Wildman–Crippen LogP) is 1.69. The highest BCUT2D eigenvalue weighted by Gasteiger charge is 2.26. The maximum Gasteiger partial charge on any atom is 0.240 e. The summed E-state index contributed by atoms with van der Waals surface area (Å²) < 4.78 is 11.5. The molecular formula is C14H10N4O3. The van der Waals surface area contributed by atoms with Crippen molar-refractivity contribution in [3.63, 3.8) is 0 Å². The molecule has 3 heterocycles. The Balaban J connectivity index is 2.05. The molecule has 7 heteroatoms. The van der Waals surface area contributed by atoms with E-state index in [2.05, 4.69) is 20.6 Å². The summed E-state index contributed by atoms with van der Waals surface area (Å²) in [6.07, 6.45) is 0. The molecule has 1 aliphatic rings. The van der Waals surface area contributed by atoms with E-state index in [1.165, 1.54) is 0 Å². The van der Waals surface area contributed by atoms with Gasteiger partial charge in [-0.1, -0.05) is 12.1 Å². The van der Waals surface area contributed by atoms with Crippen molar-refractivity contribution in [2.75, 3.05) is 0 Å². The van der Waals surface area contributed by atoms with Crippen molar-refractivity contribution in [2.45, 2.75) is 13.5 Å². The second-order valence-electron chi connectivity index (χ2n) is 4.71. The van der Waals surface area contributed by atoms with Gasteiger partial charge in [0.1, 0.15) is 18.1 Å². The third-order valence-electron chi connectivity index (χ3n) is 3.49. The zero-order chi connectivity index (χ0) is 14.4. The van der Waals surface area contributed by atoms with Crippen LogP contribution in [0.4, 0.5) is 0 Å². The fraction of sp³-hybridized carbons (Fsp3) is 0.143. The van der Waals surface area contributed by atoms with Crippen LogP contribution in [0.25, 0.3) is 22.9 Å². The molecule has 0 spiro atoms. The van der Waals surface area contributed by atoms with Gasteiger partial charge < -0.3 is 9.15 Å². The molecule has 0 saturated heterocycles. The fourth-order valence-corrected chi connectivity index (χ4v) is 2.42. The highest BCUT2D eigenvalue weighted by Crippen LogP contribution is 2.38. The molecule has 7 nitrogen and oxygen atoms in total. The minimum atomic E-state index is -0.120. The molecule has 0 aliphatic carbocycles. The van der Waals surface area contributed by atoms with Crippen molar-refractivity contribution >= 4 is 0 Å². The molecule has 2 aromatic heterocycles. The Hall–Kier alpha value is -2.96. The second-order valence-corrected chi connectivity index (χ2v) is 4.71. The number of benzene rings is 1. The Labute approximate surface area is 118 Å². The maximum atomic E-state index is 12.5. The summed E-state index contributed by atoms with van der Waals surface area (Å²) in [6, 6.07) is 7.43. The first-order chi connectivity index (χ1) is 10.3. The Morgan fingerprint density at radius 3 is 2.90 bits per heavy atom. The lowest BCUT2D eigenvalue weighted by Gasteiger charge is -2.19. The quantitative estimate of drug-likeness (QED) is 0.730. The third-order valence-corrected chi connectivity index (χ3v) is 3.49. The number of nitrogens with zero attached hydrogens (tertiary/aromatic N) is 3. The minimum absolute atomic E-state index is 0.120. The summed E-state index contributed by atoms with van der Waals surface area (Å²) >= 11 is 0. The SMILES string of the molecule is Cc1c(-c2nn[nH]n2)oc2c(c1=O)COc1ccccc1-2. The molecule has 1 aliphatic heterocycles. The van der Waals surface area contributed by atoms with Gasteiger partial charge in [0.05, 0.1) is 11.1 Å². The molecule has 4 rings (SSSR count). The maximum absolute atomic E-state index is 12.5. The molecule has 0 bridgehead atoms. The van der Waals surface area contributed by atoms with Gasteiger partial charge >= 0.3 is 0 Å². The van der Waals surface area contributed by atoms with Crippen LogP contribution in [0.1, 0.15) is 11.1 Å². The fourth-order valence-electron chi connectivity index (χ4n) is 2.42. The smallest absolute Gasteiger partial charge is 0.240 e. The van der Waals surface area contributed by atoms with Gasteiger partial charge in [0, 0.05) is 5.56 Å². The highest BCUT2D eigenvalue weighted by molar-refractivity contribution is 5.72. The van der Waals surface area contributed by atoms with Crippen LogP contribution in [0.15, 0.2) is 33.5 Å². The van der Waals surface area contributed by atoms with Gasteiger partial charge in [0.2, 0.25) is 5.82 Å². The van der Waals surface area contributed by atoms with Gasteiger partial charge in [-0.3, -0.25) is 4.79 Å². The number of ether oxygens (including phenoxy) is 1. The molecule has 0 radical (unpaired) electrons. The Bertz CT molecular complexity index is 884. The van der Waals surface area contributed by atoms with Gasteiger partial charge in [0.15, 0.2) is 11.2 Å². The van der Waals surface area contributed by atoms with Crippen LogP contribution in [-0.4, -0.2) is 20.6 Å². The van der Waals surface area contributed by atoms with Crippen molar-refractivity contribution in [3.05, 3.63) is 45.6 Å². The molecule has 3 aromatic rings. The lowest BCUT2D eigenvalue weighted by Crippen LogP contribution is -2.20. The van der Waals surface area contributed by atoms with Crippen LogP contribution in [-0.2, 0) is 6.61 Å². The van der Waals surface area contributed by atoms with Gasteiger partial charge in [-0.25, -0.2) is 0 Å². The van der Waals surface area contributed by atoms with E-state index in [1.807, 2.05) is 24.3 Å². The van der Waals surface area contributed by atoms with Crippen molar-refractivity contribution in [2.24, 2.45) is 0 Å². The highest BCUT2D eigenvalue weighted by atomic mass is 16.5. The average Bonchev–Trinajstić information content (AvgIpc) is 3.04. The van der Waals surface area contributed by atoms with Gasteiger partial charge in [-0.15, -0.1) is 10.2 Å². The first-order valence-corrected chi connectivity index (χ1v) is 6.38. The summed E-state index contributed by atoms with van der Waals surface area (Å²) in [7, 11) is 0. The summed E-state index contributed by atoms with van der Waals surface area (Å²) in [5, 5.41) is 13.6. The first-order valence-electron chi connectivity index (χ1n) is 6.38. The topological polar surface area (TPSA) is 93.9 Å². The normalized spacial score (nSPS) is 12.4. The van der Waals surface area contributed by atoms with Crippen LogP contribution < -0.4 is 10.2 Å².